The zero-order valence-electron chi connectivity index (χ0n) is 16.9. The van der Waals surface area contributed by atoms with Gasteiger partial charge in [0.15, 0.2) is 12.6 Å². The number of hydrogen-bond donors (Lipinski definition) is 5. The van der Waals surface area contributed by atoms with E-state index in [0.29, 0.717) is 0 Å². The summed E-state index contributed by atoms with van der Waals surface area (Å²) in [7, 11) is 1.37. The van der Waals surface area contributed by atoms with Gasteiger partial charge in [-0.2, -0.15) is 0 Å². The van der Waals surface area contributed by atoms with E-state index >= 15 is 0 Å². The van der Waals surface area contributed by atoms with E-state index in [9.17, 15) is 25.5 Å². The van der Waals surface area contributed by atoms with Gasteiger partial charge in [-0.05, 0) is 0 Å². The summed E-state index contributed by atoms with van der Waals surface area (Å²) in [5.41, 5.74) is 0. The maximum atomic E-state index is 10.4. The molecule has 0 saturated carbocycles. The van der Waals surface area contributed by atoms with Crippen molar-refractivity contribution in [3.63, 3.8) is 0 Å². The Labute approximate surface area is 175 Å². The Balaban J connectivity index is 2.05. The number of rotatable bonds is 11. The predicted octanol–water partition coefficient (Wildman–Crippen LogP) is -2.32. The largest absolute Gasteiger partial charge is 0.394 e. The first-order valence-electron chi connectivity index (χ1n) is 9.63. The zero-order valence-corrected chi connectivity index (χ0v) is 16.9. The van der Waals surface area contributed by atoms with Crippen molar-refractivity contribution in [3.8, 4) is 0 Å². The van der Waals surface area contributed by atoms with Gasteiger partial charge in [0.25, 0.3) is 0 Å². The lowest BCUT2D eigenvalue weighted by Gasteiger charge is -2.44. The van der Waals surface area contributed by atoms with Crippen molar-refractivity contribution in [2.45, 2.75) is 61.4 Å². The summed E-state index contributed by atoms with van der Waals surface area (Å²) in [6.07, 6.45) is -8.85. The first kappa shape index (κ1) is 25.3. The number of ether oxygens (including phenoxy) is 6. The fraction of sp³-hybridized carbons (Fsp3) is 0.789. The van der Waals surface area contributed by atoms with Gasteiger partial charge in [-0.3, -0.25) is 0 Å². The minimum atomic E-state index is -1.40. The summed E-state index contributed by atoms with van der Waals surface area (Å²) in [5, 5.41) is 50.6. The second kappa shape index (κ2) is 12.2. The lowest BCUT2D eigenvalue weighted by molar-refractivity contribution is -0.334. The Kier molecular flexibility index (Phi) is 10.3. The molecule has 0 aliphatic carbocycles. The smallest absolute Gasteiger partial charge is 0.187 e. The van der Waals surface area contributed by atoms with Gasteiger partial charge in [0, 0.05) is 7.11 Å². The number of hydrogen-bond acceptors (Lipinski definition) is 11. The van der Waals surface area contributed by atoms with Gasteiger partial charge in [0.05, 0.1) is 26.4 Å². The molecule has 10 atom stereocenters. The van der Waals surface area contributed by atoms with Crippen molar-refractivity contribution < 1.29 is 54.0 Å². The highest BCUT2D eigenvalue weighted by atomic mass is 16.7. The molecule has 0 spiro atoms. The van der Waals surface area contributed by atoms with Crippen molar-refractivity contribution in [1.29, 1.82) is 0 Å². The number of methoxy groups -OCH3 is 1. The first-order chi connectivity index (χ1) is 14.4. The highest BCUT2D eigenvalue weighted by Gasteiger charge is 2.48. The Morgan fingerprint density at radius 3 is 1.77 bits per heavy atom. The van der Waals surface area contributed by atoms with E-state index in [4.69, 9.17) is 28.4 Å². The average Bonchev–Trinajstić information content (AvgIpc) is 2.75. The van der Waals surface area contributed by atoms with Crippen LogP contribution in [0.15, 0.2) is 25.3 Å². The van der Waals surface area contributed by atoms with Gasteiger partial charge >= 0.3 is 0 Å². The third-order valence-electron chi connectivity index (χ3n) is 4.94. The molecule has 11 heteroatoms. The van der Waals surface area contributed by atoms with Crippen LogP contribution in [0.4, 0.5) is 0 Å². The van der Waals surface area contributed by atoms with Crippen LogP contribution in [0.5, 0.6) is 0 Å². The van der Waals surface area contributed by atoms with E-state index in [1.807, 2.05) is 0 Å². The molecule has 0 amide bonds. The van der Waals surface area contributed by atoms with Crippen molar-refractivity contribution in [1.82, 2.24) is 0 Å². The molecular weight excluding hydrogens is 404 g/mol. The maximum absolute atomic E-state index is 10.4. The minimum absolute atomic E-state index is 0.0524. The minimum Gasteiger partial charge on any atom is -0.394 e. The maximum Gasteiger partial charge on any atom is 0.187 e. The van der Waals surface area contributed by atoms with Crippen LogP contribution in [0, 0.1) is 0 Å². The van der Waals surface area contributed by atoms with Crippen LogP contribution in [-0.4, -0.2) is 120 Å². The fourth-order valence-electron chi connectivity index (χ4n) is 3.33. The normalized spacial score (nSPS) is 42.1. The quantitative estimate of drug-likeness (QED) is 0.222. The summed E-state index contributed by atoms with van der Waals surface area (Å²) in [4.78, 5) is 0. The molecule has 30 heavy (non-hydrogen) atoms. The third kappa shape index (κ3) is 5.84. The molecule has 2 fully saturated rings. The Morgan fingerprint density at radius 2 is 1.27 bits per heavy atom. The van der Waals surface area contributed by atoms with E-state index in [0.717, 1.165) is 0 Å². The van der Waals surface area contributed by atoms with Gasteiger partial charge in [-0.1, -0.05) is 12.2 Å². The Bertz CT molecular complexity index is 531. The van der Waals surface area contributed by atoms with Crippen LogP contribution in [-0.2, 0) is 28.4 Å². The molecule has 2 heterocycles. The molecule has 11 nitrogen and oxygen atoms in total. The summed E-state index contributed by atoms with van der Waals surface area (Å²) in [6.45, 7) is 6.41. The van der Waals surface area contributed by atoms with Gasteiger partial charge in [0.2, 0.25) is 0 Å². The molecule has 2 aliphatic heterocycles. The molecule has 2 saturated heterocycles. The lowest BCUT2D eigenvalue weighted by atomic mass is 9.98. The van der Waals surface area contributed by atoms with E-state index in [1.54, 1.807) is 0 Å². The monoisotopic (exact) mass is 436 g/mol. The fourth-order valence-corrected chi connectivity index (χ4v) is 3.33. The standard InChI is InChI=1S/C19H32O11/c1-4-6-26-16-15(24)13(22)11(30-18(16)25-3)9-28-19-17(27-7-5-2)14(23)12(21)10(8-20)29-19/h4-5,10-24H,1-2,6-9H2,3H3/t10-,11-,12-,13-,14+,15+,16-,17-,18+,19+/m1/s1. The summed E-state index contributed by atoms with van der Waals surface area (Å²) >= 11 is 0. The van der Waals surface area contributed by atoms with Crippen LogP contribution >= 0.6 is 0 Å². The van der Waals surface area contributed by atoms with Crippen molar-refractivity contribution in [2.75, 3.05) is 33.5 Å². The van der Waals surface area contributed by atoms with E-state index in [-0.39, 0.29) is 19.8 Å². The molecule has 0 aromatic rings. The molecule has 0 unspecified atom stereocenters. The van der Waals surface area contributed by atoms with Crippen molar-refractivity contribution >= 4 is 0 Å². The highest BCUT2D eigenvalue weighted by Crippen LogP contribution is 2.28. The first-order valence-corrected chi connectivity index (χ1v) is 9.63. The van der Waals surface area contributed by atoms with Crippen LogP contribution in [0.25, 0.3) is 0 Å². The van der Waals surface area contributed by atoms with Gasteiger partial charge < -0.3 is 54.0 Å². The molecular formula is C19H32O11. The average molecular weight is 436 g/mol. The Hall–Kier alpha value is -0.960. The molecule has 0 bridgehead atoms. The van der Waals surface area contributed by atoms with Crippen molar-refractivity contribution in [2.24, 2.45) is 0 Å². The van der Waals surface area contributed by atoms with Crippen molar-refractivity contribution in [3.05, 3.63) is 25.3 Å². The SMILES string of the molecule is C=CCO[C@H]1[C@@H](OC)O[C@H](CO[C@H]2O[C@H](CO)[C@@H](O)[C@H](O)[C@H]2OCC=C)[C@@H](O)[C@@H]1O. The molecule has 0 radical (unpaired) electrons. The zero-order chi connectivity index (χ0) is 22.3. The second-order valence-electron chi connectivity index (χ2n) is 6.97. The van der Waals surface area contributed by atoms with Crippen LogP contribution < -0.4 is 0 Å². The van der Waals surface area contributed by atoms with Gasteiger partial charge in [0.1, 0.15) is 48.8 Å². The van der Waals surface area contributed by atoms with Crippen LogP contribution in [0.1, 0.15) is 0 Å². The van der Waals surface area contributed by atoms with E-state index in [2.05, 4.69) is 13.2 Å². The molecule has 2 rings (SSSR count). The van der Waals surface area contributed by atoms with Gasteiger partial charge in [-0.15, -0.1) is 13.2 Å². The molecule has 0 aromatic heterocycles. The second-order valence-corrected chi connectivity index (χ2v) is 6.97. The Morgan fingerprint density at radius 1 is 0.767 bits per heavy atom. The van der Waals surface area contributed by atoms with Gasteiger partial charge in [-0.25, -0.2) is 0 Å². The predicted molar refractivity (Wildman–Crippen MR) is 101 cm³/mol. The van der Waals surface area contributed by atoms with E-state index in [1.165, 1.54) is 19.3 Å². The van der Waals surface area contributed by atoms with E-state index < -0.39 is 68.0 Å². The van der Waals surface area contributed by atoms with Crippen LogP contribution in [0.2, 0.25) is 0 Å². The van der Waals surface area contributed by atoms with Crippen LogP contribution in [0.3, 0.4) is 0 Å². The number of aliphatic hydroxyl groups is 5. The number of aliphatic hydroxyl groups excluding tert-OH is 5. The topological polar surface area (TPSA) is 157 Å². The molecule has 2 aliphatic rings. The molecule has 174 valence electrons. The molecule has 0 aromatic carbocycles. The summed E-state index contributed by atoms with van der Waals surface area (Å²) in [6, 6.07) is 0. The lowest BCUT2D eigenvalue weighted by Crippen LogP contribution is -2.62. The molecule has 5 N–H and O–H groups in total. The summed E-state index contributed by atoms with van der Waals surface area (Å²) < 4.78 is 32.8. The summed E-state index contributed by atoms with van der Waals surface area (Å²) in [5.74, 6) is 0. The highest BCUT2D eigenvalue weighted by molar-refractivity contribution is 4.93. The third-order valence-corrected chi connectivity index (χ3v) is 4.94.